The molecule has 0 amide bonds. The van der Waals surface area contributed by atoms with Crippen LogP contribution < -0.4 is 4.72 Å². The van der Waals surface area contributed by atoms with E-state index in [1.165, 1.54) is 22.7 Å². The van der Waals surface area contributed by atoms with E-state index in [0.29, 0.717) is 13.1 Å². The summed E-state index contributed by atoms with van der Waals surface area (Å²) in [6.07, 6.45) is 0. The fraction of sp³-hybridized carbons (Fsp3) is 0.455. The maximum Gasteiger partial charge on any atom is 0.279 e. The molecule has 0 atom stereocenters. The van der Waals surface area contributed by atoms with Crippen molar-refractivity contribution in [2.45, 2.75) is 13.5 Å². The van der Waals surface area contributed by atoms with Crippen molar-refractivity contribution in [1.82, 2.24) is 9.03 Å². The average Bonchev–Trinajstić information content (AvgIpc) is 2.74. The van der Waals surface area contributed by atoms with E-state index in [-0.39, 0.29) is 6.61 Å². The van der Waals surface area contributed by atoms with Gasteiger partial charge in [-0.25, -0.2) is 4.72 Å². The number of thiophene rings is 1. The molecule has 0 aliphatic carbocycles. The molecule has 5 nitrogen and oxygen atoms in total. The topological polar surface area (TPSA) is 69.6 Å². The Labute approximate surface area is 112 Å². The molecule has 1 heterocycles. The first-order chi connectivity index (χ1) is 8.49. The maximum absolute atomic E-state index is 11.7. The van der Waals surface area contributed by atoms with Crippen molar-refractivity contribution in [3.63, 3.8) is 0 Å². The van der Waals surface area contributed by atoms with Crippen LogP contribution in [0.2, 0.25) is 0 Å². The predicted octanol–water partition coefficient (Wildman–Crippen LogP) is 0.378. The Kier molecular flexibility index (Phi) is 5.78. The molecule has 0 saturated heterocycles. The fourth-order valence-electron chi connectivity index (χ4n) is 1.29. The summed E-state index contributed by atoms with van der Waals surface area (Å²) in [6, 6.07) is 1.82. The third kappa shape index (κ3) is 4.40. The Morgan fingerprint density at radius 1 is 1.56 bits per heavy atom. The second-order valence-corrected chi connectivity index (χ2v) is 6.31. The SMILES string of the molecule is CCNS(=O)(=O)N(C)Cc1csc(C#CCO)c1. The van der Waals surface area contributed by atoms with Crippen molar-refractivity contribution in [2.75, 3.05) is 20.2 Å². The molecule has 1 aromatic rings. The Bertz CT molecular complexity index is 540. The van der Waals surface area contributed by atoms with Gasteiger partial charge in [0.15, 0.2) is 0 Å². The van der Waals surface area contributed by atoms with Gasteiger partial charge < -0.3 is 5.11 Å². The second-order valence-electron chi connectivity index (χ2n) is 3.54. The van der Waals surface area contributed by atoms with E-state index in [9.17, 15) is 8.42 Å². The Morgan fingerprint density at radius 3 is 2.89 bits per heavy atom. The van der Waals surface area contributed by atoms with Gasteiger partial charge in [0.1, 0.15) is 6.61 Å². The van der Waals surface area contributed by atoms with Crippen molar-refractivity contribution in [3.05, 3.63) is 21.9 Å². The minimum absolute atomic E-state index is 0.179. The zero-order valence-electron chi connectivity index (χ0n) is 10.3. The minimum atomic E-state index is -3.40. The van der Waals surface area contributed by atoms with Gasteiger partial charge in [0.25, 0.3) is 10.2 Å². The highest BCUT2D eigenvalue weighted by Crippen LogP contribution is 2.15. The van der Waals surface area contributed by atoms with E-state index in [1.807, 2.05) is 11.4 Å². The van der Waals surface area contributed by atoms with E-state index in [1.54, 1.807) is 6.92 Å². The summed E-state index contributed by atoms with van der Waals surface area (Å²) in [6.45, 7) is 2.22. The van der Waals surface area contributed by atoms with Crippen LogP contribution in [0.25, 0.3) is 0 Å². The third-order valence-electron chi connectivity index (χ3n) is 2.09. The van der Waals surface area contributed by atoms with Gasteiger partial charge in [0.05, 0.1) is 4.88 Å². The van der Waals surface area contributed by atoms with Gasteiger partial charge in [-0.1, -0.05) is 18.8 Å². The standard InChI is InChI=1S/C11H16N2O3S2/c1-3-12-18(15,16)13(2)8-10-7-11(17-9-10)5-4-6-14/h7,9,12,14H,3,6,8H2,1-2H3. The van der Waals surface area contributed by atoms with E-state index in [0.717, 1.165) is 10.4 Å². The van der Waals surface area contributed by atoms with E-state index >= 15 is 0 Å². The second kappa shape index (κ2) is 6.87. The van der Waals surface area contributed by atoms with Crippen LogP contribution in [0.3, 0.4) is 0 Å². The smallest absolute Gasteiger partial charge is 0.279 e. The van der Waals surface area contributed by atoms with Crippen LogP contribution in [0.4, 0.5) is 0 Å². The van der Waals surface area contributed by atoms with Crippen molar-refractivity contribution in [3.8, 4) is 11.8 Å². The number of aliphatic hydroxyl groups excluding tert-OH is 1. The molecule has 0 aromatic carbocycles. The van der Waals surface area contributed by atoms with Gasteiger partial charge in [0.2, 0.25) is 0 Å². The van der Waals surface area contributed by atoms with Gasteiger partial charge >= 0.3 is 0 Å². The van der Waals surface area contributed by atoms with Gasteiger partial charge in [-0.3, -0.25) is 0 Å². The summed E-state index contributed by atoms with van der Waals surface area (Å²) < 4.78 is 27.0. The van der Waals surface area contributed by atoms with Gasteiger partial charge in [-0.15, -0.1) is 11.3 Å². The van der Waals surface area contributed by atoms with Crippen molar-refractivity contribution >= 4 is 21.5 Å². The molecule has 0 unspecified atom stereocenters. The van der Waals surface area contributed by atoms with Crippen LogP contribution in [0, 0.1) is 11.8 Å². The first-order valence-electron chi connectivity index (χ1n) is 5.37. The van der Waals surface area contributed by atoms with E-state index in [2.05, 4.69) is 16.6 Å². The lowest BCUT2D eigenvalue weighted by Crippen LogP contribution is -2.37. The molecule has 1 aromatic heterocycles. The molecule has 100 valence electrons. The van der Waals surface area contributed by atoms with Crippen LogP contribution >= 0.6 is 11.3 Å². The summed E-state index contributed by atoms with van der Waals surface area (Å²) in [7, 11) is -1.88. The Balaban J connectivity index is 2.71. The number of hydrogen-bond donors (Lipinski definition) is 2. The van der Waals surface area contributed by atoms with Crippen LogP contribution in [0.5, 0.6) is 0 Å². The zero-order valence-corrected chi connectivity index (χ0v) is 11.9. The summed E-state index contributed by atoms with van der Waals surface area (Å²) in [5.41, 5.74) is 0.881. The van der Waals surface area contributed by atoms with Crippen LogP contribution in [-0.2, 0) is 16.8 Å². The lowest BCUT2D eigenvalue weighted by atomic mass is 10.3. The molecule has 0 aliphatic rings. The number of rotatable bonds is 5. The van der Waals surface area contributed by atoms with Gasteiger partial charge in [-0.2, -0.15) is 12.7 Å². The first-order valence-corrected chi connectivity index (χ1v) is 7.69. The van der Waals surface area contributed by atoms with Crippen LogP contribution in [0.15, 0.2) is 11.4 Å². The Morgan fingerprint density at radius 2 is 2.28 bits per heavy atom. The fourth-order valence-corrected chi connectivity index (χ4v) is 2.96. The molecule has 0 aliphatic heterocycles. The largest absolute Gasteiger partial charge is 0.384 e. The van der Waals surface area contributed by atoms with Crippen molar-refractivity contribution in [2.24, 2.45) is 0 Å². The third-order valence-corrected chi connectivity index (χ3v) is 4.58. The number of nitrogens with one attached hydrogen (secondary N) is 1. The van der Waals surface area contributed by atoms with Gasteiger partial charge in [-0.05, 0) is 17.0 Å². The van der Waals surface area contributed by atoms with E-state index in [4.69, 9.17) is 5.11 Å². The molecular weight excluding hydrogens is 272 g/mol. The van der Waals surface area contributed by atoms with Crippen molar-refractivity contribution < 1.29 is 13.5 Å². The quantitative estimate of drug-likeness (QED) is 0.770. The summed E-state index contributed by atoms with van der Waals surface area (Å²) in [5.74, 6) is 5.34. The van der Waals surface area contributed by atoms with Crippen LogP contribution in [-0.4, -0.2) is 38.0 Å². The summed E-state index contributed by atoms with van der Waals surface area (Å²) in [4.78, 5) is 0.813. The highest BCUT2D eigenvalue weighted by Gasteiger charge is 2.16. The summed E-state index contributed by atoms with van der Waals surface area (Å²) in [5, 5.41) is 10.4. The molecule has 18 heavy (non-hydrogen) atoms. The normalized spacial score (nSPS) is 11.3. The number of nitrogens with zero attached hydrogens (tertiary/aromatic N) is 1. The highest BCUT2D eigenvalue weighted by atomic mass is 32.2. The zero-order chi connectivity index (χ0) is 13.6. The summed E-state index contributed by atoms with van der Waals surface area (Å²) >= 11 is 1.43. The predicted molar refractivity (Wildman–Crippen MR) is 72.3 cm³/mol. The molecular formula is C11H16N2O3S2. The monoisotopic (exact) mass is 288 g/mol. The first kappa shape index (κ1) is 15.1. The highest BCUT2D eigenvalue weighted by molar-refractivity contribution is 7.87. The lowest BCUT2D eigenvalue weighted by molar-refractivity contribution is 0.350. The average molecular weight is 288 g/mol. The Hall–Kier alpha value is -0.910. The molecule has 0 spiro atoms. The molecule has 1 rings (SSSR count). The maximum atomic E-state index is 11.7. The van der Waals surface area contributed by atoms with Crippen LogP contribution in [0.1, 0.15) is 17.4 Å². The van der Waals surface area contributed by atoms with Crippen molar-refractivity contribution in [1.29, 1.82) is 0 Å². The molecule has 0 bridgehead atoms. The molecule has 0 radical (unpaired) electrons. The molecule has 2 N–H and O–H groups in total. The number of hydrogen-bond acceptors (Lipinski definition) is 4. The number of aliphatic hydroxyl groups is 1. The van der Waals surface area contributed by atoms with E-state index < -0.39 is 10.2 Å². The molecule has 0 saturated carbocycles. The molecule has 0 fully saturated rings. The molecule has 7 heteroatoms. The lowest BCUT2D eigenvalue weighted by Gasteiger charge is -2.16. The van der Waals surface area contributed by atoms with Gasteiger partial charge in [0, 0.05) is 20.1 Å². The minimum Gasteiger partial charge on any atom is -0.384 e.